The first-order chi connectivity index (χ1) is 9.28. The van der Waals surface area contributed by atoms with Gasteiger partial charge < -0.3 is 10.0 Å². The Bertz CT molecular complexity index is 541. The maximum absolute atomic E-state index is 12.4. The summed E-state index contributed by atoms with van der Waals surface area (Å²) in [6, 6.07) is 4.87. The van der Waals surface area contributed by atoms with Crippen LogP contribution in [0.5, 0.6) is 0 Å². The lowest BCUT2D eigenvalue weighted by molar-refractivity contribution is 0.280. The summed E-state index contributed by atoms with van der Waals surface area (Å²) in [4.78, 5) is 2.26. The molecule has 1 N–H and O–H groups in total. The summed E-state index contributed by atoms with van der Waals surface area (Å²) in [6.45, 7) is 3.01. The smallest absolute Gasteiger partial charge is 0.242 e. The van der Waals surface area contributed by atoms with E-state index in [4.69, 9.17) is 0 Å². The van der Waals surface area contributed by atoms with Crippen LogP contribution in [-0.4, -0.2) is 57.0 Å². The molecule has 0 saturated heterocycles. The van der Waals surface area contributed by atoms with E-state index >= 15 is 0 Å². The second-order valence-corrected chi connectivity index (χ2v) is 7.27. The Morgan fingerprint density at radius 1 is 1.15 bits per heavy atom. The van der Waals surface area contributed by atoms with Gasteiger partial charge in [-0.25, -0.2) is 12.7 Å². The van der Waals surface area contributed by atoms with Gasteiger partial charge >= 0.3 is 0 Å². The average molecular weight is 300 g/mol. The molecule has 20 heavy (non-hydrogen) atoms. The standard InChI is InChI=1S/C14H24N2O3S/c1-12-6-7-14(10-13(12)11-17)20(18,19)16(4)9-5-8-15(2)3/h6-7,10,17H,5,8-9,11H2,1-4H3. The fourth-order valence-corrected chi connectivity index (χ4v) is 3.15. The van der Waals surface area contributed by atoms with Gasteiger partial charge in [0.2, 0.25) is 10.0 Å². The van der Waals surface area contributed by atoms with Crippen LogP contribution < -0.4 is 0 Å². The molecule has 0 amide bonds. The monoisotopic (exact) mass is 300 g/mol. The Hall–Kier alpha value is -0.950. The lowest BCUT2D eigenvalue weighted by Gasteiger charge is -2.19. The van der Waals surface area contributed by atoms with E-state index in [1.165, 1.54) is 4.31 Å². The van der Waals surface area contributed by atoms with E-state index < -0.39 is 10.0 Å². The van der Waals surface area contributed by atoms with Crippen molar-refractivity contribution in [2.24, 2.45) is 0 Å². The number of hydrogen-bond acceptors (Lipinski definition) is 4. The normalized spacial score (nSPS) is 12.3. The quantitative estimate of drug-likeness (QED) is 0.818. The second-order valence-electron chi connectivity index (χ2n) is 5.23. The summed E-state index contributed by atoms with van der Waals surface area (Å²) >= 11 is 0. The van der Waals surface area contributed by atoms with Crippen molar-refractivity contribution in [1.29, 1.82) is 0 Å². The Labute approximate surface area is 121 Å². The molecule has 0 aliphatic rings. The lowest BCUT2D eigenvalue weighted by Crippen LogP contribution is -2.30. The summed E-state index contributed by atoms with van der Waals surface area (Å²) in [5.74, 6) is 0. The van der Waals surface area contributed by atoms with E-state index in [9.17, 15) is 13.5 Å². The predicted molar refractivity (Wildman–Crippen MR) is 80.1 cm³/mol. The third kappa shape index (κ3) is 4.28. The number of benzene rings is 1. The van der Waals surface area contributed by atoms with Crippen LogP contribution in [0, 0.1) is 6.92 Å². The molecule has 1 rings (SSSR count). The van der Waals surface area contributed by atoms with Gasteiger partial charge in [-0.05, 0) is 57.2 Å². The van der Waals surface area contributed by atoms with Gasteiger partial charge in [0.15, 0.2) is 0 Å². The minimum atomic E-state index is -3.48. The highest BCUT2D eigenvalue weighted by Gasteiger charge is 2.21. The average Bonchev–Trinajstić information content (AvgIpc) is 2.38. The van der Waals surface area contributed by atoms with Crippen LogP contribution in [0.1, 0.15) is 17.5 Å². The van der Waals surface area contributed by atoms with Crippen LogP contribution >= 0.6 is 0 Å². The van der Waals surface area contributed by atoms with Crippen molar-refractivity contribution in [3.05, 3.63) is 29.3 Å². The zero-order chi connectivity index (χ0) is 15.3. The number of aliphatic hydroxyl groups excluding tert-OH is 1. The van der Waals surface area contributed by atoms with Crippen molar-refractivity contribution in [2.45, 2.75) is 24.8 Å². The number of rotatable bonds is 7. The van der Waals surface area contributed by atoms with Gasteiger partial charge in [-0.3, -0.25) is 0 Å². The molecular weight excluding hydrogens is 276 g/mol. The maximum Gasteiger partial charge on any atom is 0.242 e. The SMILES string of the molecule is Cc1ccc(S(=O)(=O)N(C)CCCN(C)C)cc1CO. The zero-order valence-electron chi connectivity index (χ0n) is 12.6. The molecule has 0 fully saturated rings. The topological polar surface area (TPSA) is 60.9 Å². The fourth-order valence-electron chi connectivity index (χ4n) is 1.89. The van der Waals surface area contributed by atoms with Gasteiger partial charge in [0, 0.05) is 13.6 Å². The first kappa shape index (κ1) is 17.1. The fraction of sp³-hybridized carbons (Fsp3) is 0.571. The lowest BCUT2D eigenvalue weighted by atomic mass is 10.1. The molecule has 0 bridgehead atoms. The van der Waals surface area contributed by atoms with E-state index in [1.54, 1.807) is 25.2 Å². The highest BCUT2D eigenvalue weighted by molar-refractivity contribution is 7.89. The third-order valence-corrected chi connectivity index (χ3v) is 5.13. The Balaban J connectivity index is 2.87. The van der Waals surface area contributed by atoms with E-state index in [-0.39, 0.29) is 11.5 Å². The highest BCUT2D eigenvalue weighted by Crippen LogP contribution is 2.19. The van der Waals surface area contributed by atoms with Crippen molar-refractivity contribution in [3.63, 3.8) is 0 Å². The van der Waals surface area contributed by atoms with E-state index in [2.05, 4.69) is 0 Å². The van der Waals surface area contributed by atoms with Gasteiger partial charge in [-0.15, -0.1) is 0 Å². The third-order valence-electron chi connectivity index (χ3n) is 3.28. The Morgan fingerprint density at radius 2 is 1.80 bits per heavy atom. The van der Waals surface area contributed by atoms with Crippen LogP contribution in [0.25, 0.3) is 0 Å². The summed E-state index contributed by atoms with van der Waals surface area (Å²) in [5.41, 5.74) is 1.54. The number of aliphatic hydroxyl groups is 1. The highest BCUT2D eigenvalue weighted by atomic mass is 32.2. The summed E-state index contributed by atoms with van der Waals surface area (Å²) < 4.78 is 26.2. The first-order valence-corrected chi connectivity index (χ1v) is 8.04. The van der Waals surface area contributed by atoms with E-state index in [0.29, 0.717) is 12.1 Å². The zero-order valence-corrected chi connectivity index (χ0v) is 13.4. The van der Waals surface area contributed by atoms with Gasteiger partial charge in [0.25, 0.3) is 0 Å². The molecule has 0 unspecified atom stereocenters. The number of nitrogens with zero attached hydrogens (tertiary/aromatic N) is 2. The molecule has 0 heterocycles. The molecule has 0 spiro atoms. The van der Waals surface area contributed by atoms with Crippen molar-refractivity contribution in [2.75, 3.05) is 34.2 Å². The molecular formula is C14H24N2O3S. The van der Waals surface area contributed by atoms with Gasteiger partial charge in [-0.1, -0.05) is 6.07 Å². The molecule has 0 aliphatic carbocycles. The van der Waals surface area contributed by atoms with Crippen LogP contribution in [-0.2, 0) is 16.6 Å². The molecule has 0 radical (unpaired) electrons. The summed E-state index contributed by atoms with van der Waals surface area (Å²) in [6.07, 6.45) is 0.779. The number of aryl methyl sites for hydroxylation is 1. The maximum atomic E-state index is 12.4. The predicted octanol–water partition coefficient (Wildman–Crippen LogP) is 1.06. The second kappa shape index (κ2) is 7.17. The molecule has 0 aromatic heterocycles. The minimum Gasteiger partial charge on any atom is -0.392 e. The molecule has 1 aromatic carbocycles. The van der Waals surface area contributed by atoms with Gasteiger partial charge in [0.1, 0.15) is 0 Å². The molecule has 0 aliphatic heterocycles. The van der Waals surface area contributed by atoms with Crippen molar-refractivity contribution < 1.29 is 13.5 Å². The Morgan fingerprint density at radius 3 is 2.35 bits per heavy atom. The molecule has 5 nitrogen and oxygen atoms in total. The van der Waals surface area contributed by atoms with Crippen molar-refractivity contribution >= 4 is 10.0 Å². The molecule has 114 valence electrons. The number of hydrogen-bond donors (Lipinski definition) is 1. The largest absolute Gasteiger partial charge is 0.392 e. The molecule has 0 atom stereocenters. The summed E-state index contributed by atoms with van der Waals surface area (Å²) in [5, 5.41) is 9.24. The molecule has 0 saturated carbocycles. The molecule has 1 aromatic rings. The van der Waals surface area contributed by atoms with Crippen molar-refractivity contribution in [1.82, 2.24) is 9.21 Å². The number of sulfonamides is 1. The minimum absolute atomic E-state index is 0.153. The first-order valence-electron chi connectivity index (χ1n) is 6.60. The molecule has 6 heteroatoms. The van der Waals surface area contributed by atoms with Gasteiger partial charge in [0.05, 0.1) is 11.5 Å². The summed E-state index contributed by atoms with van der Waals surface area (Å²) in [7, 11) is 2.02. The van der Waals surface area contributed by atoms with E-state index in [0.717, 1.165) is 18.5 Å². The van der Waals surface area contributed by atoms with Crippen LogP contribution in [0.15, 0.2) is 23.1 Å². The van der Waals surface area contributed by atoms with E-state index in [1.807, 2.05) is 25.9 Å². The van der Waals surface area contributed by atoms with Gasteiger partial charge in [-0.2, -0.15) is 0 Å². The van der Waals surface area contributed by atoms with Crippen LogP contribution in [0.2, 0.25) is 0 Å². The van der Waals surface area contributed by atoms with Crippen LogP contribution in [0.4, 0.5) is 0 Å². The van der Waals surface area contributed by atoms with Crippen LogP contribution in [0.3, 0.4) is 0 Å². The van der Waals surface area contributed by atoms with Crippen molar-refractivity contribution in [3.8, 4) is 0 Å². The Kier molecular flexibility index (Phi) is 6.13.